The van der Waals surface area contributed by atoms with Crippen molar-refractivity contribution in [2.24, 2.45) is 0 Å². The molecule has 1 heterocycles. The number of esters is 1. The topological polar surface area (TPSA) is 84.9 Å². The second-order valence-corrected chi connectivity index (χ2v) is 10.3. The minimum Gasteiger partial charge on any atom is -0.504 e. The highest BCUT2D eigenvalue weighted by molar-refractivity contribution is 6.04. The molecule has 1 saturated carbocycles. The second kappa shape index (κ2) is 10.8. The Hall–Kier alpha value is -3.54. The number of phenols is 1. The van der Waals surface area contributed by atoms with Crippen molar-refractivity contribution in [1.82, 2.24) is 5.32 Å². The molecular weight excluding hydrogens is 466 g/mol. The van der Waals surface area contributed by atoms with Gasteiger partial charge in [0.25, 0.3) is 0 Å². The van der Waals surface area contributed by atoms with Gasteiger partial charge < -0.3 is 19.9 Å². The lowest BCUT2D eigenvalue weighted by Gasteiger charge is -2.37. The van der Waals surface area contributed by atoms with Gasteiger partial charge >= 0.3 is 5.97 Å². The van der Waals surface area contributed by atoms with Gasteiger partial charge in [-0.15, -0.1) is 0 Å². The quantitative estimate of drug-likeness (QED) is 0.470. The van der Waals surface area contributed by atoms with E-state index in [-0.39, 0.29) is 29.5 Å². The van der Waals surface area contributed by atoms with Crippen LogP contribution in [0.1, 0.15) is 81.8 Å². The molecule has 5 rings (SSSR count). The number of carbonyl (C=O) groups excluding carboxylic acids is 2. The number of rotatable bonds is 6. The van der Waals surface area contributed by atoms with E-state index in [1.165, 1.54) is 6.42 Å². The van der Waals surface area contributed by atoms with E-state index in [1.807, 2.05) is 32.0 Å². The van der Waals surface area contributed by atoms with Crippen molar-refractivity contribution in [3.63, 3.8) is 0 Å². The predicted octanol–water partition coefficient (Wildman–Crippen LogP) is 6.03. The van der Waals surface area contributed by atoms with Crippen molar-refractivity contribution in [3.05, 3.63) is 82.2 Å². The lowest BCUT2D eigenvalue weighted by Crippen LogP contribution is -2.37. The van der Waals surface area contributed by atoms with Crippen LogP contribution in [-0.4, -0.2) is 29.6 Å². The van der Waals surface area contributed by atoms with Crippen molar-refractivity contribution in [2.45, 2.75) is 76.7 Å². The number of allylic oxidation sites excluding steroid dienone is 3. The van der Waals surface area contributed by atoms with E-state index < -0.39 is 5.92 Å². The van der Waals surface area contributed by atoms with Crippen molar-refractivity contribution >= 4 is 11.8 Å². The van der Waals surface area contributed by atoms with E-state index in [1.54, 1.807) is 18.2 Å². The summed E-state index contributed by atoms with van der Waals surface area (Å²) >= 11 is 0. The van der Waals surface area contributed by atoms with E-state index >= 15 is 0 Å². The fourth-order valence-corrected chi connectivity index (χ4v) is 5.98. The lowest BCUT2D eigenvalue weighted by molar-refractivity contribution is -0.146. The van der Waals surface area contributed by atoms with Crippen LogP contribution in [0.3, 0.4) is 0 Å². The fraction of sp³-hybridized carbons (Fsp3) is 0.419. The summed E-state index contributed by atoms with van der Waals surface area (Å²) in [6.07, 6.45) is 5.98. The highest BCUT2D eigenvalue weighted by Gasteiger charge is 2.42. The molecule has 1 aliphatic heterocycles. The first-order chi connectivity index (χ1) is 18.0. The van der Waals surface area contributed by atoms with E-state index in [2.05, 4.69) is 17.4 Å². The summed E-state index contributed by atoms with van der Waals surface area (Å²) in [7, 11) is 0. The first kappa shape index (κ1) is 25.1. The van der Waals surface area contributed by atoms with Crippen molar-refractivity contribution in [1.29, 1.82) is 0 Å². The van der Waals surface area contributed by atoms with E-state index in [0.717, 1.165) is 42.5 Å². The van der Waals surface area contributed by atoms with Crippen molar-refractivity contribution in [3.8, 4) is 11.5 Å². The Labute approximate surface area is 218 Å². The van der Waals surface area contributed by atoms with Crippen LogP contribution in [0.25, 0.3) is 0 Å². The Bertz CT molecular complexity index is 1240. The van der Waals surface area contributed by atoms with Crippen LogP contribution in [0.4, 0.5) is 0 Å². The monoisotopic (exact) mass is 501 g/mol. The van der Waals surface area contributed by atoms with Crippen LogP contribution in [0.5, 0.6) is 11.5 Å². The first-order valence-corrected chi connectivity index (χ1v) is 13.4. The molecular formula is C31H35NO5. The molecule has 2 aliphatic carbocycles. The van der Waals surface area contributed by atoms with Crippen LogP contribution in [0, 0.1) is 0 Å². The van der Waals surface area contributed by atoms with Crippen LogP contribution >= 0.6 is 0 Å². The first-order valence-electron chi connectivity index (χ1n) is 13.4. The second-order valence-electron chi connectivity index (χ2n) is 10.3. The third-order valence-corrected chi connectivity index (χ3v) is 7.76. The van der Waals surface area contributed by atoms with Crippen molar-refractivity contribution in [2.75, 3.05) is 6.61 Å². The molecule has 0 spiro atoms. The summed E-state index contributed by atoms with van der Waals surface area (Å²) in [6.45, 7) is 4.12. The van der Waals surface area contributed by atoms with Gasteiger partial charge in [-0.2, -0.15) is 0 Å². The fourth-order valence-electron chi connectivity index (χ4n) is 5.98. The molecule has 6 nitrogen and oxygen atoms in total. The molecule has 2 aromatic carbocycles. The highest BCUT2D eigenvalue weighted by Crippen LogP contribution is 2.47. The van der Waals surface area contributed by atoms with Gasteiger partial charge in [0.2, 0.25) is 0 Å². The van der Waals surface area contributed by atoms with Gasteiger partial charge in [-0.25, -0.2) is 4.79 Å². The number of carbonyl (C=O) groups is 2. The Kier molecular flexibility index (Phi) is 7.36. The Morgan fingerprint density at radius 3 is 2.51 bits per heavy atom. The summed E-state index contributed by atoms with van der Waals surface area (Å²) in [4.78, 5) is 27.5. The standard InChI is InChI=1S/C31H35NO5/c1-3-36-27-18-21(14-15-25(27)33)29-28(31(35)37-23-12-8-5-9-13-23)19(2)32-24-16-22(17-26(34)30(24)29)20-10-6-4-7-11-20/h4,6-7,10-11,14-15,18,22-23,29,32-33H,3,5,8-9,12-13,16-17H2,1-2H3/t22-,29+/m1/s1. The van der Waals surface area contributed by atoms with Gasteiger partial charge in [0, 0.05) is 29.3 Å². The summed E-state index contributed by atoms with van der Waals surface area (Å²) in [5.41, 5.74) is 4.50. The highest BCUT2D eigenvalue weighted by atomic mass is 16.5. The van der Waals surface area contributed by atoms with Crippen LogP contribution in [-0.2, 0) is 14.3 Å². The minimum absolute atomic E-state index is 0.0223. The van der Waals surface area contributed by atoms with Crippen LogP contribution in [0.15, 0.2) is 71.1 Å². The third kappa shape index (κ3) is 5.15. The van der Waals surface area contributed by atoms with E-state index in [0.29, 0.717) is 42.0 Å². The van der Waals surface area contributed by atoms with Gasteiger partial charge in [0.05, 0.1) is 12.2 Å². The lowest BCUT2D eigenvalue weighted by atomic mass is 9.71. The molecule has 0 bridgehead atoms. The molecule has 194 valence electrons. The summed E-state index contributed by atoms with van der Waals surface area (Å²) < 4.78 is 11.7. The SMILES string of the molecule is CCOc1cc([C@H]2C(C(=O)OC3CCCCC3)=C(C)NC3=C2C(=O)C[C@H](c2ccccc2)C3)ccc1O. The van der Waals surface area contributed by atoms with Gasteiger partial charge in [-0.3, -0.25) is 4.79 Å². The summed E-state index contributed by atoms with van der Waals surface area (Å²) in [6, 6.07) is 15.2. The number of hydrogen-bond donors (Lipinski definition) is 2. The largest absolute Gasteiger partial charge is 0.504 e. The Morgan fingerprint density at radius 2 is 1.78 bits per heavy atom. The maximum absolute atomic E-state index is 13.8. The zero-order valence-electron chi connectivity index (χ0n) is 21.6. The Balaban J connectivity index is 1.56. The molecule has 0 amide bonds. The van der Waals surface area contributed by atoms with Crippen molar-refractivity contribution < 1.29 is 24.2 Å². The molecule has 37 heavy (non-hydrogen) atoms. The molecule has 0 unspecified atom stereocenters. The molecule has 2 aromatic rings. The minimum atomic E-state index is -0.587. The van der Waals surface area contributed by atoms with Gasteiger partial charge in [0.15, 0.2) is 17.3 Å². The number of nitrogens with one attached hydrogen (secondary N) is 1. The molecule has 0 radical (unpaired) electrons. The number of aromatic hydroxyl groups is 1. The Morgan fingerprint density at radius 1 is 1.03 bits per heavy atom. The van der Waals surface area contributed by atoms with E-state index in [9.17, 15) is 14.7 Å². The average Bonchev–Trinajstić information content (AvgIpc) is 2.90. The molecule has 6 heteroatoms. The molecule has 3 aliphatic rings. The zero-order valence-corrected chi connectivity index (χ0v) is 21.6. The number of ether oxygens (including phenoxy) is 2. The number of Topliss-reactive ketones (excluding diaryl/α,β-unsaturated/α-hetero) is 1. The summed E-state index contributed by atoms with van der Waals surface area (Å²) in [5, 5.41) is 13.8. The smallest absolute Gasteiger partial charge is 0.337 e. The summed E-state index contributed by atoms with van der Waals surface area (Å²) in [5.74, 6) is -0.505. The van der Waals surface area contributed by atoms with Crippen LogP contribution < -0.4 is 10.1 Å². The van der Waals surface area contributed by atoms with Gasteiger partial charge in [0.1, 0.15) is 6.10 Å². The number of ketones is 1. The number of benzene rings is 2. The molecule has 2 atom stereocenters. The molecule has 0 aromatic heterocycles. The number of hydrogen-bond acceptors (Lipinski definition) is 6. The number of phenolic OH excluding ortho intramolecular Hbond substituents is 1. The molecule has 0 saturated heterocycles. The average molecular weight is 502 g/mol. The van der Waals surface area contributed by atoms with Crippen LogP contribution in [0.2, 0.25) is 0 Å². The van der Waals surface area contributed by atoms with Gasteiger partial charge in [-0.1, -0.05) is 42.8 Å². The number of dihydropyridines is 1. The van der Waals surface area contributed by atoms with E-state index in [4.69, 9.17) is 9.47 Å². The zero-order chi connectivity index (χ0) is 25.9. The predicted molar refractivity (Wildman–Crippen MR) is 141 cm³/mol. The molecule has 1 fully saturated rings. The van der Waals surface area contributed by atoms with Gasteiger partial charge in [-0.05, 0) is 75.1 Å². The normalized spacial score (nSPS) is 22.4. The maximum atomic E-state index is 13.8. The third-order valence-electron chi connectivity index (χ3n) is 7.76. The maximum Gasteiger partial charge on any atom is 0.337 e. The molecule has 2 N–H and O–H groups in total.